The topological polar surface area (TPSA) is 60.0 Å². The van der Waals surface area contributed by atoms with E-state index in [-0.39, 0.29) is 5.92 Å². The Morgan fingerprint density at radius 3 is 2.09 bits per heavy atom. The van der Waals surface area contributed by atoms with Gasteiger partial charge in [0.15, 0.2) is 11.5 Å². The highest BCUT2D eigenvalue weighted by molar-refractivity contribution is 7.67. The van der Waals surface area contributed by atoms with Crippen molar-refractivity contribution in [3.63, 3.8) is 0 Å². The lowest BCUT2D eigenvalue weighted by molar-refractivity contribution is 0.272. The van der Waals surface area contributed by atoms with Gasteiger partial charge in [-0.05, 0) is 60.0 Å². The van der Waals surface area contributed by atoms with Crippen LogP contribution in [0.2, 0.25) is 0 Å². The predicted molar refractivity (Wildman–Crippen MR) is 141 cm³/mol. The summed E-state index contributed by atoms with van der Waals surface area (Å²) in [7, 11) is 3.70. The molecule has 2 atom stereocenters. The maximum absolute atomic E-state index is 14.9. The standard InChI is InChI=1S/C27H35N2O4P/c1-20(2)19-33-34(30,24-15-13-23(14-16-24)29(3)4)27(28-22-10-8-7-9-11-22)21-12-17-25(31-5)26(18-21)32-6/h7-18,20,27-28H,19H2,1-6H3. The van der Waals surface area contributed by atoms with Crippen molar-refractivity contribution in [1.82, 2.24) is 0 Å². The third-order valence-corrected chi connectivity index (χ3v) is 8.12. The first-order chi connectivity index (χ1) is 16.3. The smallest absolute Gasteiger partial charge is 0.258 e. The molecule has 34 heavy (non-hydrogen) atoms. The lowest BCUT2D eigenvalue weighted by atomic mass is 10.2. The highest BCUT2D eigenvalue weighted by atomic mass is 31.2. The molecule has 3 aromatic rings. The Morgan fingerprint density at radius 2 is 1.53 bits per heavy atom. The summed E-state index contributed by atoms with van der Waals surface area (Å²) < 4.78 is 32.2. The van der Waals surface area contributed by atoms with Crippen LogP contribution in [0, 0.1) is 5.92 Å². The summed E-state index contributed by atoms with van der Waals surface area (Å²) in [5, 5.41) is 4.14. The molecule has 0 saturated heterocycles. The monoisotopic (exact) mass is 482 g/mol. The molecule has 6 nitrogen and oxygen atoms in total. The Hall–Kier alpha value is -2.95. The van der Waals surface area contributed by atoms with Gasteiger partial charge in [0.1, 0.15) is 5.78 Å². The molecule has 1 N–H and O–H groups in total. The number of benzene rings is 3. The first-order valence-electron chi connectivity index (χ1n) is 11.3. The molecule has 0 aromatic heterocycles. The molecule has 0 aliphatic rings. The van der Waals surface area contributed by atoms with Gasteiger partial charge < -0.3 is 24.2 Å². The van der Waals surface area contributed by atoms with E-state index in [1.54, 1.807) is 14.2 Å². The van der Waals surface area contributed by atoms with E-state index in [0.29, 0.717) is 23.4 Å². The van der Waals surface area contributed by atoms with Crippen LogP contribution in [0.4, 0.5) is 11.4 Å². The second-order valence-corrected chi connectivity index (χ2v) is 11.2. The Labute approximate surface area is 203 Å². The largest absolute Gasteiger partial charge is 0.493 e. The number of nitrogens with one attached hydrogen (secondary N) is 1. The summed E-state index contributed by atoms with van der Waals surface area (Å²) in [4.78, 5) is 2.01. The number of anilines is 2. The van der Waals surface area contributed by atoms with Gasteiger partial charge in [-0.1, -0.05) is 38.1 Å². The second kappa shape index (κ2) is 11.5. The third-order valence-electron chi connectivity index (χ3n) is 5.47. The molecular formula is C27H35N2O4P. The lowest BCUT2D eigenvalue weighted by Gasteiger charge is -2.31. The number of hydrogen-bond donors (Lipinski definition) is 1. The molecular weight excluding hydrogens is 447 g/mol. The molecule has 0 spiro atoms. The number of methoxy groups -OCH3 is 2. The quantitative estimate of drug-likeness (QED) is 0.331. The molecule has 3 aromatic carbocycles. The summed E-state index contributed by atoms with van der Waals surface area (Å²) in [6, 6.07) is 23.1. The average Bonchev–Trinajstić information content (AvgIpc) is 2.86. The Bertz CT molecular complexity index is 1100. The number of ether oxygens (including phenoxy) is 2. The first kappa shape index (κ1) is 25.7. The van der Waals surface area contributed by atoms with Gasteiger partial charge >= 0.3 is 0 Å². The molecule has 0 fully saturated rings. The molecule has 3 rings (SSSR count). The van der Waals surface area contributed by atoms with E-state index in [1.807, 2.05) is 91.8 Å². The van der Waals surface area contributed by atoms with Crippen LogP contribution >= 0.6 is 7.37 Å². The van der Waals surface area contributed by atoms with Crippen molar-refractivity contribution < 1.29 is 18.6 Å². The molecule has 0 amide bonds. The Kier molecular flexibility index (Phi) is 8.65. The Morgan fingerprint density at radius 1 is 0.882 bits per heavy atom. The number of hydrogen-bond acceptors (Lipinski definition) is 6. The highest BCUT2D eigenvalue weighted by Crippen LogP contribution is 2.59. The molecule has 0 aliphatic heterocycles. The van der Waals surface area contributed by atoms with Crippen molar-refractivity contribution in [2.75, 3.05) is 45.1 Å². The maximum Gasteiger partial charge on any atom is 0.258 e. The normalized spacial score (nSPS) is 13.7. The minimum Gasteiger partial charge on any atom is -0.493 e. The summed E-state index contributed by atoms with van der Waals surface area (Å²) in [5.41, 5.74) is 2.66. The zero-order valence-corrected chi connectivity index (χ0v) is 21.7. The maximum atomic E-state index is 14.9. The highest BCUT2D eigenvalue weighted by Gasteiger charge is 2.38. The van der Waals surface area contributed by atoms with Gasteiger partial charge in [0.2, 0.25) is 0 Å². The van der Waals surface area contributed by atoms with E-state index >= 15 is 0 Å². The average molecular weight is 483 g/mol. The van der Waals surface area contributed by atoms with E-state index in [0.717, 1.165) is 16.9 Å². The zero-order valence-electron chi connectivity index (χ0n) is 20.8. The number of para-hydroxylation sites is 1. The van der Waals surface area contributed by atoms with E-state index in [4.69, 9.17) is 14.0 Å². The summed E-state index contributed by atoms with van der Waals surface area (Å²) in [5.74, 6) is 0.756. The first-order valence-corrected chi connectivity index (χ1v) is 13.0. The number of rotatable bonds is 11. The van der Waals surface area contributed by atoms with Crippen molar-refractivity contribution in [1.29, 1.82) is 0 Å². The minimum absolute atomic E-state index is 0.220. The van der Waals surface area contributed by atoms with Crippen LogP contribution in [-0.4, -0.2) is 34.9 Å². The van der Waals surface area contributed by atoms with Crippen LogP contribution in [-0.2, 0) is 9.09 Å². The van der Waals surface area contributed by atoms with Gasteiger partial charge in [-0.3, -0.25) is 4.57 Å². The summed E-state index contributed by atoms with van der Waals surface area (Å²) in [6.07, 6.45) is 0. The minimum atomic E-state index is -3.45. The zero-order chi connectivity index (χ0) is 24.7. The molecule has 182 valence electrons. The summed E-state index contributed by atoms with van der Waals surface area (Å²) in [6.45, 7) is 4.47. The molecule has 0 radical (unpaired) electrons. The van der Waals surface area contributed by atoms with Crippen molar-refractivity contribution in [3.8, 4) is 11.5 Å². The third kappa shape index (κ3) is 5.94. The van der Waals surface area contributed by atoms with Gasteiger partial charge in [0.25, 0.3) is 7.37 Å². The fourth-order valence-electron chi connectivity index (χ4n) is 3.60. The van der Waals surface area contributed by atoms with Gasteiger partial charge in [-0.2, -0.15) is 0 Å². The van der Waals surface area contributed by atoms with E-state index < -0.39 is 13.2 Å². The van der Waals surface area contributed by atoms with Crippen molar-refractivity contribution in [2.24, 2.45) is 5.92 Å². The molecule has 7 heteroatoms. The molecule has 0 bridgehead atoms. The van der Waals surface area contributed by atoms with Gasteiger partial charge in [0.05, 0.1) is 20.8 Å². The van der Waals surface area contributed by atoms with Crippen LogP contribution in [0.25, 0.3) is 0 Å². The molecule has 0 saturated carbocycles. The Balaban J connectivity index is 2.17. The number of nitrogens with zero attached hydrogens (tertiary/aromatic N) is 1. The van der Waals surface area contributed by atoms with Crippen LogP contribution in [0.15, 0.2) is 72.8 Å². The molecule has 0 aliphatic carbocycles. The molecule has 0 heterocycles. The summed E-state index contributed by atoms with van der Waals surface area (Å²) >= 11 is 0. The van der Waals surface area contributed by atoms with E-state index in [2.05, 4.69) is 19.2 Å². The van der Waals surface area contributed by atoms with Gasteiger partial charge in [0, 0.05) is 30.8 Å². The van der Waals surface area contributed by atoms with Crippen molar-refractivity contribution in [3.05, 3.63) is 78.4 Å². The van der Waals surface area contributed by atoms with Crippen molar-refractivity contribution >= 4 is 24.0 Å². The second-order valence-electron chi connectivity index (χ2n) is 8.72. The SMILES string of the molecule is COc1ccc(C(Nc2ccccc2)P(=O)(OCC(C)C)c2ccc(N(C)C)cc2)cc1OC. The van der Waals surface area contributed by atoms with Gasteiger partial charge in [-0.25, -0.2) is 0 Å². The van der Waals surface area contributed by atoms with E-state index in [9.17, 15) is 4.57 Å². The fraction of sp³-hybridized carbons (Fsp3) is 0.333. The fourth-order valence-corrected chi connectivity index (χ4v) is 6.15. The molecule has 2 unspecified atom stereocenters. The van der Waals surface area contributed by atoms with Crippen LogP contribution in [0.3, 0.4) is 0 Å². The van der Waals surface area contributed by atoms with Crippen LogP contribution in [0.1, 0.15) is 25.2 Å². The van der Waals surface area contributed by atoms with Crippen LogP contribution < -0.4 is 25.0 Å². The lowest BCUT2D eigenvalue weighted by Crippen LogP contribution is -2.22. The van der Waals surface area contributed by atoms with Gasteiger partial charge in [-0.15, -0.1) is 0 Å². The van der Waals surface area contributed by atoms with Crippen molar-refractivity contribution in [2.45, 2.75) is 19.6 Å². The van der Waals surface area contributed by atoms with Crippen LogP contribution in [0.5, 0.6) is 11.5 Å². The van der Waals surface area contributed by atoms with E-state index in [1.165, 1.54) is 0 Å². The predicted octanol–water partition coefficient (Wildman–Crippen LogP) is 6.16.